The molecular weight excluding hydrogens is 290 g/mol. The summed E-state index contributed by atoms with van der Waals surface area (Å²) in [5.74, 6) is -1.35. The number of hydrogen-bond acceptors (Lipinski definition) is 4. The second-order valence-corrected chi connectivity index (χ2v) is 6.09. The smallest absolute Gasteiger partial charge is 0.326 e. The van der Waals surface area contributed by atoms with Crippen LogP contribution in [-0.4, -0.2) is 33.2 Å². The Morgan fingerprint density at radius 3 is 2.81 bits per heavy atom. The number of amides is 1. The van der Waals surface area contributed by atoms with Crippen LogP contribution in [0.15, 0.2) is 23.6 Å². The molecule has 0 aromatic carbocycles. The van der Waals surface area contributed by atoms with Crippen molar-refractivity contribution in [2.24, 2.45) is 5.92 Å². The topological polar surface area (TPSA) is 95.1 Å². The molecule has 0 radical (unpaired) electrons. The molecule has 2 aromatic heterocycles. The van der Waals surface area contributed by atoms with E-state index in [1.807, 2.05) is 31.4 Å². The van der Waals surface area contributed by atoms with E-state index < -0.39 is 17.9 Å². The highest BCUT2D eigenvalue weighted by Crippen LogP contribution is 2.22. The van der Waals surface area contributed by atoms with Gasteiger partial charge in [-0.15, -0.1) is 11.3 Å². The highest BCUT2D eigenvalue weighted by Gasteiger charge is 2.23. The summed E-state index contributed by atoms with van der Waals surface area (Å²) in [5, 5.41) is 20.3. The van der Waals surface area contributed by atoms with E-state index in [9.17, 15) is 9.59 Å². The lowest BCUT2D eigenvalue weighted by Crippen LogP contribution is -2.41. The Bertz CT molecular complexity index is 619. The van der Waals surface area contributed by atoms with Crippen LogP contribution in [0.1, 0.15) is 30.8 Å². The molecule has 0 saturated carbocycles. The first-order valence-electron chi connectivity index (χ1n) is 6.60. The number of thiophene rings is 1. The second-order valence-electron chi connectivity index (χ2n) is 5.14. The Labute approximate surface area is 126 Å². The highest BCUT2D eigenvalue weighted by molar-refractivity contribution is 7.13. The van der Waals surface area contributed by atoms with Crippen LogP contribution in [0.5, 0.6) is 0 Å². The molecule has 0 spiro atoms. The molecule has 7 heteroatoms. The van der Waals surface area contributed by atoms with E-state index in [0.29, 0.717) is 6.42 Å². The average Bonchev–Trinajstić information content (AvgIpc) is 3.08. The van der Waals surface area contributed by atoms with Crippen LogP contribution in [-0.2, 0) is 4.79 Å². The molecule has 2 rings (SSSR count). The summed E-state index contributed by atoms with van der Waals surface area (Å²) < 4.78 is 0. The average molecular weight is 307 g/mol. The largest absolute Gasteiger partial charge is 0.480 e. The minimum Gasteiger partial charge on any atom is -0.480 e. The maximum Gasteiger partial charge on any atom is 0.326 e. The van der Waals surface area contributed by atoms with E-state index in [-0.39, 0.29) is 11.6 Å². The van der Waals surface area contributed by atoms with Crippen molar-refractivity contribution in [2.75, 3.05) is 0 Å². The number of nitrogens with one attached hydrogen (secondary N) is 2. The summed E-state index contributed by atoms with van der Waals surface area (Å²) in [6, 6.07) is 4.54. The number of nitrogens with zero attached hydrogens (tertiary/aromatic N) is 1. The molecule has 0 aliphatic carbocycles. The lowest BCUT2D eigenvalue weighted by molar-refractivity contribution is -0.139. The predicted molar refractivity (Wildman–Crippen MR) is 80.2 cm³/mol. The molecule has 1 atom stereocenters. The number of aliphatic carboxylic acids is 1. The lowest BCUT2D eigenvalue weighted by atomic mass is 10.0. The quantitative estimate of drug-likeness (QED) is 0.763. The van der Waals surface area contributed by atoms with Crippen LogP contribution >= 0.6 is 11.3 Å². The molecule has 6 nitrogen and oxygen atoms in total. The third kappa shape index (κ3) is 3.91. The van der Waals surface area contributed by atoms with Crippen molar-refractivity contribution in [3.63, 3.8) is 0 Å². The minimum absolute atomic E-state index is 0.173. The standard InChI is InChI=1S/C14H17N3O3S/c1-8(2)6-11(14(19)20)15-13(18)10-7-9(16-17-10)12-4-3-5-21-12/h3-5,7-8,11H,6H2,1-2H3,(H,15,18)(H,16,17)(H,19,20). The normalized spacial score (nSPS) is 12.3. The van der Waals surface area contributed by atoms with Crippen LogP contribution < -0.4 is 5.32 Å². The van der Waals surface area contributed by atoms with Gasteiger partial charge in [0.25, 0.3) is 5.91 Å². The Balaban J connectivity index is 2.07. The number of carboxylic acid groups (broad SMARTS) is 1. The highest BCUT2D eigenvalue weighted by atomic mass is 32.1. The number of H-pyrrole nitrogens is 1. The minimum atomic E-state index is -1.04. The Morgan fingerprint density at radius 1 is 1.48 bits per heavy atom. The van der Waals surface area contributed by atoms with Gasteiger partial charge in [0.1, 0.15) is 6.04 Å². The molecule has 2 heterocycles. The van der Waals surface area contributed by atoms with Crippen molar-refractivity contribution in [1.29, 1.82) is 0 Å². The van der Waals surface area contributed by atoms with Gasteiger partial charge >= 0.3 is 5.97 Å². The zero-order valence-corrected chi connectivity index (χ0v) is 12.6. The zero-order chi connectivity index (χ0) is 15.4. The van der Waals surface area contributed by atoms with Gasteiger partial charge < -0.3 is 10.4 Å². The van der Waals surface area contributed by atoms with Gasteiger partial charge in [0, 0.05) is 0 Å². The molecule has 0 saturated heterocycles. The molecule has 3 N–H and O–H groups in total. The number of hydrogen-bond donors (Lipinski definition) is 3. The fourth-order valence-corrected chi connectivity index (χ4v) is 2.61. The first-order chi connectivity index (χ1) is 9.97. The van der Waals surface area contributed by atoms with Crippen LogP contribution in [0.3, 0.4) is 0 Å². The van der Waals surface area contributed by atoms with Crippen LogP contribution in [0, 0.1) is 5.92 Å². The molecule has 0 aliphatic heterocycles. The van der Waals surface area contributed by atoms with Crippen molar-refractivity contribution in [3.8, 4) is 10.6 Å². The van der Waals surface area contributed by atoms with Crippen molar-refractivity contribution < 1.29 is 14.7 Å². The van der Waals surface area contributed by atoms with E-state index in [4.69, 9.17) is 5.11 Å². The molecule has 0 bridgehead atoms. The number of rotatable bonds is 6. The van der Waals surface area contributed by atoms with Gasteiger partial charge in [0.15, 0.2) is 5.69 Å². The fourth-order valence-electron chi connectivity index (χ4n) is 1.92. The third-order valence-electron chi connectivity index (χ3n) is 2.91. The van der Waals surface area contributed by atoms with E-state index >= 15 is 0 Å². The number of aromatic nitrogens is 2. The molecule has 0 fully saturated rings. The predicted octanol–water partition coefficient (Wildman–Crippen LogP) is 2.37. The van der Waals surface area contributed by atoms with Gasteiger partial charge in [-0.25, -0.2) is 4.79 Å². The number of aromatic amines is 1. The molecular formula is C14H17N3O3S. The van der Waals surface area contributed by atoms with Crippen molar-refractivity contribution in [3.05, 3.63) is 29.3 Å². The summed E-state index contributed by atoms with van der Waals surface area (Å²) in [7, 11) is 0. The van der Waals surface area contributed by atoms with Gasteiger partial charge in [-0.1, -0.05) is 19.9 Å². The monoisotopic (exact) mass is 307 g/mol. The van der Waals surface area contributed by atoms with Gasteiger partial charge in [-0.3, -0.25) is 9.89 Å². The summed E-state index contributed by atoms with van der Waals surface area (Å²) >= 11 is 1.53. The molecule has 1 amide bonds. The van der Waals surface area contributed by atoms with E-state index in [1.165, 1.54) is 11.3 Å². The van der Waals surface area contributed by atoms with Crippen LogP contribution in [0.2, 0.25) is 0 Å². The van der Waals surface area contributed by atoms with E-state index in [2.05, 4.69) is 15.5 Å². The Kier molecular flexibility index (Phi) is 4.74. The van der Waals surface area contributed by atoms with Gasteiger partial charge in [-0.2, -0.15) is 5.10 Å². The summed E-state index contributed by atoms with van der Waals surface area (Å²) in [4.78, 5) is 24.2. The number of carboxylic acids is 1. The van der Waals surface area contributed by atoms with Crippen molar-refractivity contribution in [1.82, 2.24) is 15.5 Å². The van der Waals surface area contributed by atoms with Gasteiger partial charge in [-0.05, 0) is 29.9 Å². The van der Waals surface area contributed by atoms with E-state index in [1.54, 1.807) is 6.07 Å². The Morgan fingerprint density at radius 2 is 2.24 bits per heavy atom. The Hall–Kier alpha value is -2.15. The van der Waals surface area contributed by atoms with Gasteiger partial charge in [0.2, 0.25) is 0 Å². The number of carbonyl (C=O) groups is 2. The van der Waals surface area contributed by atoms with Crippen LogP contribution in [0.4, 0.5) is 0 Å². The maximum atomic E-state index is 12.1. The zero-order valence-electron chi connectivity index (χ0n) is 11.8. The van der Waals surface area contributed by atoms with Crippen molar-refractivity contribution in [2.45, 2.75) is 26.3 Å². The van der Waals surface area contributed by atoms with Gasteiger partial charge in [0.05, 0.1) is 10.6 Å². The van der Waals surface area contributed by atoms with E-state index in [0.717, 1.165) is 10.6 Å². The summed E-state index contributed by atoms with van der Waals surface area (Å²) in [5.41, 5.74) is 0.930. The fraction of sp³-hybridized carbons (Fsp3) is 0.357. The lowest BCUT2D eigenvalue weighted by Gasteiger charge is -2.15. The first-order valence-corrected chi connectivity index (χ1v) is 7.48. The van der Waals surface area contributed by atoms with Crippen molar-refractivity contribution >= 4 is 23.2 Å². The summed E-state index contributed by atoms with van der Waals surface area (Å²) in [6.45, 7) is 3.82. The number of carbonyl (C=O) groups excluding carboxylic acids is 1. The first kappa shape index (κ1) is 15.2. The van der Waals surface area contributed by atoms with Crippen LogP contribution in [0.25, 0.3) is 10.6 Å². The third-order valence-corrected chi connectivity index (χ3v) is 3.81. The molecule has 0 aliphatic rings. The maximum absolute atomic E-state index is 12.1. The SMILES string of the molecule is CC(C)CC(NC(=O)c1cc(-c2cccs2)[nH]n1)C(=O)O. The molecule has 21 heavy (non-hydrogen) atoms. The summed E-state index contributed by atoms with van der Waals surface area (Å²) in [6.07, 6.45) is 0.378. The molecule has 112 valence electrons. The second kappa shape index (κ2) is 6.53. The molecule has 1 unspecified atom stereocenters. The molecule has 2 aromatic rings.